The van der Waals surface area contributed by atoms with E-state index in [0.29, 0.717) is 22.4 Å². The summed E-state index contributed by atoms with van der Waals surface area (Å²) in [4.78, 5) is 17.8. The largest absolute Gasteiger partial charge is 0.497 e. The van der Waals surface area contributed by atoms with Gasteiger partial charge in [0, 0.05) is 17.3 Å². The summed E-state index contributed by atoms with van der Waals surface area (Å²) in [5.41, 5.74) is 2.39. The Morgan fingerprint density at radius 2 is 1.69 bits per heavy atom. The maximum atomic E-state index is 13.2. The molecule has 0 bridgehead atoms. The van der Waals surface area contributed by atoms with Crippen molar-refractivity contribution in [2.45, 2.75) is 10.4 Å². The molecular formula is C24H22N4O3S. The van der Waals surface area contributed by atoms with Crippen molar-refractivity contribution in [2.75, 3.05) is 19.5 Å². The second-order valence-electron chi connectivity index (χ2n) is 6.82. The number of anilines is 1. The number of amides is 1. The normalized spacial score (nSPS) is 11.6. The lowest BCUT2D eigenvalue weighted by molar-refractivity contribution is -0.115. The minimum atomic E-state index is -0.540. The number of carbonyl (C=O) groups is 1. The van der Waals surface area contributed by atoms with E-state index in [9.17, 15) is 4.79 Å². The summed E-state index contributed by atoms with van der Waals surface area (Å²) in [5, 5.41) is 10.2. The van der Waals surface area contributed by atoms with Crippen molar-refractivity contribution in [1.29, 1.82) is 0 Å². The first-order chi connectivity index (χ1) is 15.7. The van der Waals surface area contributed by atoms with E-state index < -0.39 is 5.25 Å². The molecule has 0 aliphatic carbocycles. The quantitative estimate of drug-likeness (QED) is 0.372. The zero-order chi connectivity index (χ0) is 22.3. The molecule has 0 spiro atoms. The average Bonchev–Trinajstić information content (AvgIpc) is 3.32. The summed E-state index contributed by atoms with van der Waals surface area (Å²) in [6.45, 7) is 0. The third kappa shape index (κ3) is 5.09. The van der Waals surface area contributed by atoms with Gasteiger partial charge in [-0.05, 0) is 42.0 Å². The Balaban J connectivity index is 1.56. The van der Waals surface area contributed by atoms with E-state index in [1.54, 1.807) is 20.3 Å². The van der Waals surface area contributed by atoms with Crippen molar-refractivity contribution in [3.8, 4) is 22.9 Å². The number of ether oxygens (including phenoxy) is 2. The fraction of sp³-hybridized carbons (Fsp3) is 0.125. The van der Waals surface area contributed by atoms with Crippen molar-refractivity contribution in [3.63, 3.8) is 0 Å². The Kier molecular flexibility index (Phi) is 6.72. The number of carbonyl (C=O) groups excluding carboxylic acids is 1. The second-order valence-corrected chi connectivity index (χ2v) is 7.90. The topological polar surface area (TPSA) is 89.1 Å². The third-order valence-electron chi connectivity index (χ3n) is 4.73. The number of H-pyrrole nitrogens is 1. The van der Waals surface area contributed by atoms with E-state index >= 15 is 0 Å². The molecule has 32 heavy (non-hydrogen) atoms. The highest BCUT2D eigenvalue weighted by Gasteiger charge is 2.24. The Labute approximate surface area is 190 Å². The summed E-state index contributed by atoms with van der Waals surface area (Å²) in [6.07, 6.45) is 0. The molecule has 3 aromatic carbocycles. The maximum Gasteiger partial charge on any atom is 0.242 e. The van der Waals surface area contributed by atoms with Crippen molar-refractivity contribution in [1.82, 2.24) is 15.2 Å². The molecule has 0 saturated heterocycles. The Morgan fingerprint density at radius 1 is 0.938 bits per heavy atom. The van der Waals surface area contributed by atoms with Gasteiger partial charge >= 0.3 is 0 Å². The summed E-state index contributed by atoms with van der Waals surface area (Å²) in [5.74, 6) is 1.88. The predicted molar refractivity (Wildman–Crippen MR) is 125 cm³/mol. The van der Waals surface area contributed by atoms with Gasteiger partial charge < -0.3 is 14.8 Å². The van der Waals surface area contributed by atoms with Gasteiger partial charge in [-0.25, -0.2) is 4.98 Å². The first-order valence-corrected chi connectivity index (χ1v) is 10.8. The van der Waals surface area contributed by atoms with Gasteiger partial charge in [0.05, 0.1) is 14.2 Å². The molecule has 0 aliphatic rings. The standard InChI is InChI=1S/C24H22N4O3S/c1-30-19-13-11-17(12-14-19)22-26-24(28-27-22)32-21(16-7-4-3-5-8-16)23(29)25-18-9-6-10-20(15-18)31-2/h3-15,21H,1-2H3,(H,25,29)(H,26,27,28). The van der Waals surface area contributed by atoms with Crippen LogP contribution in [-0.4, -0.2) is 35.3 Å². The van der Waals surface area contributed by atoms with E-state index in [-0.39, 0.29) is 5.91 Å². The Hall–Kier alpha value is -3.78. The fourth-order valence-electron chi connectivity index (χ4n) is 3.09. The Bertz CT molecular complexity index is 1180. The highest BCUT2D eigenvalue weighted by atomic mass is 32.2. The molecule has 162 valence electrons. The third-order valence-corrected chi connectivity index (χ3v) is 5.84. The highest BCUT2D eigenvalue weighted by Crippen LogP contribution is 2.35. The van der Waals surface area contributed by atoms with Crippen LogP contribution < -0.4 is 14.8 Å². The monoisotopic (exact) mass is 446 g/mol. The maximum absolute atomic E-state index is 13.2. The zero-order valence-corrected chi connectivity index (χ0v) is 18.4. The molecule has 8 heteroatoms. The van der Waals surface area contributed by atoms with E-state index in [4.69, 9.17) is 9.47 Å². The van der Waals surface area contributed by atoms with Gasteiger partial charge in [0.15, 0.2) is 5.82 Å². The minimum absolute atomic E-state index is 0.176. The van der Waals surface area contributed by atoms with Gasteiger partial charge in [0.1, 0.15) is 16.7 Å². The number of hydrogen-bond donors (Lipinski definition) is 2. The molecule has 1 amide bonds. The number of nitrogens with one attached hydrogen (secondary N) is 2. The van der Waals surface area contributed by atoms with Crippen molar-refractivity contribution in [3.05, 3.63) is 84.4 Å². The molecule has 1 aromatic heterocycles. The van der Waals surface area contributed by atoms with Crippen molar-refractivity contribution < 1.29 is 14.3 Å². The second kappa shape index (κ2) is 10.0. The van der Waals surface area contributed by atoms with Gasteiger partial charge in [-0.2, -0.15) is 0 Å². The van der Waals surface area contributed by atoms with Crippen LogP contribution in [0.15, 0.2) is 84.0 Å². The molecule has 4 rings (SSSR count). The molecule has 0 saturated carbocycles. The van der Waals surface area contributed by atoms with E-state index in [0.717, 1.165) is 16.9 Å². The molecule has 7 nitrogen and oxygen atoms in total. The van der Waals surface area contributed by atoms with E-state index in [2.05, 4.69) is 20.5 Å². The zero-order valence-electron chi connectivity index (χ0n) is 17.6. The fourth-order valence-corrected chi connectivity index (χ4v) is 4.00. The van der Waals surface area contributed by atoms with Crippen molar-refractivity contribution >= 4 is 23.4 Å². The molecule has 1 atom stereocenters. The smallest absolute Gasteiger partial charge is 0.242 e. The summed E-state index contributed by atoms with van der Waals surface area (Å²) >= 11 is 1.28. The van der Waals surface area contributed by atoms with Crippen LogP contribution in [0.2, 0.25) is 0 Å². The number of nitrogens with zero attached hydrogens (tertiary/aromatic N) is 2. The lowest BCUT2D eigenvalue weighted by atomic mass is 10.1. The van der Waals surface area contributed by atoms with Gasteiger partial charge in [0.2, 0.25) is 11.1 Å². The average molecular weight is 447 g/mol. The summed E-state index contributed by atoms with van der Waals surface area (Å²) in [7, 11) is 3.21. The number of methoxy groups -OCH3 is 2. The number of thioether (sulfide) groups is 1. The minimum Gasteiger partial charge on any atom is -0.497 e. The van der Waals surface area contributed by atoms with Gasteiger partial charge in [0.25, 0.3) is 0 Å². The molecular weight excluding hydrogens is 424 g/mol. The van der Waals surface area contributed by atoms with Crippen LogP contribution in [-0.2, 0) is 4.79 Å². The van der Waals surface area contributed by atoms with Crippen LogP contribution in [0.3, 0.4) is 0 Å². The molecule has 4 aromatic rings. The first-order valence-electron chi connectivity index (χ1n) is 9.89. The number of rotatable bonds is 8. The molecule has 0 radical (unpaired) electrons. The number of aromatic nitrogens is 3. The summed E-state index contributed by atoms with van der Waals surface area (Å²) in [6, 6.07) is 24.3. The Morgan fingerprint density at radius 3 is 2.41 bits per heavy atom. The highest BCUT2D eigenvalue weighted by molar-refractivity contribution is 8.00. The lowest BCUT2D eigenvalue weighted by Gasteiger charge is -2.16. The van der Waals surface area contributed by atoms with Gasteiger partial charge in [-0.1, -0.05) is 48.2 Å². The van der Waals surface area contributed by atoms with Crippen LogP contribution in [0.5, 0.6) is 11.5 Å². The number of aromatic amines is 1. The number of benzene rings is 3. The van der Waals surface area contributed by atoms with Crippen LogP contribution in [0.4, 0.5) is 5.69 Å². The first kappa shape index (κ1) is 21.5. The van der Waals surface area contributed by atoms with Crippen LogP contribution in [0, 0.1) is 0 Å². The van der Waals surface area contributed by atoms with Crippen LogP contribution in [0.25, 0.3) is 11.4 Å². The lowest BCUT2D eigenvalue weighted by Crippen LogP contribution is -2.19. The molecule has 1 unspecified atom stereocenters. The van der Waals surface area contributed by atoms with Crippen LogP contribution in [0.1, 0.15) is 10.8 Å². The van der Waals surface area contributed by atoms with E-state index in [1.165, 1.54) is 11.8 Å². The summed E-state index contributed by atoms with van der Waals surface area (Å²) < 4.78 is 10.4. The van der Waals surface area contributed by atoms with Gasteiger partial charge in [-0.3, -0.25) is 9.89 Å². The SMILES string of the molecule is COc1ccc(-c2nc(SC(C(=O)Nc3cccc(OC)c3)c3ccccc3)n[nH]2)cc1. The molecule has 1 heterocycles. The molecule has 2 N–H and O–H groups in total. The van der Waals surface area contributed by atoms with E-state index in [1.807, 2.05) is 72.8 Å². The predicted octanol–water partition coefficient (Wildman–Crippen LogP) is 4.96. The number of hydrogen-bond acceptors (Lipinski definition) is 6. The van der Waals surface area contributed by atoms with Crippen molar-refractivity contribution in [2.24, 2.45) is 0 Å². The van der Waals surface area contributed by atoms with Gasteiger partial charge in [-0.15, -0.1) is 5.10 Å². The van der Waals surface area contributed by atoms with Crippen LogP contribution >= 0.6 is 11.8 Å². The molecule has 0 fully saturated rings. The molecule has 0 aliphatic heterocycles.